The van der Waals surface area contributed by atoms with Crippen molar-refractivity contribution < 1.29 is 9.90 Å². The third-order valence-corrected chi connectivity index (χ3v) is 4.18. The lowest BCUT2D eigenvalue weighted by Crippen LogP contribution is -2.08. The fourth-order valence-electron chi connectivity index (χ4n) is 1.15. The van der Waals surface area contributed by atoms with Gasteiger partial charge in [-0.2, -0.15) is 0 Å². The van der Waals surface area contributed by atoms with Crippen LogP contribution in [0.25, 0.3) is 0 Å². The summed E-state index contributed by atoms with van der Waals surface area (Å²) in [5.74, 6) is -1.09. The topological polar surface area (TPSA) is 37.3 Å². The third-order valence-electron chi connectivity index (χ3n) is 1.93. The molecule has 1 atom stereocenters. The number of carboxylic acid groups (broad SMARTS) is 1. The molecule has 0 spiro atoms. The highest BCUT2D eigenvalue weighted by Gasteiger charge is 2.20. The fourth-order valence-corrected chi connectivity index (χ4v) is 2.89. The SMILES string of the molecule is CCC(C(=O)O)c1cc(Br)c(C)s1. The van der Waals surface area contributed by atoms with E-state index in [0.29, 0.717) is 6.42 Å². The summed E-state index contributed by atoms with van der Waals surface area (Å²) in [6.45, 7) is 3.87. The van der Waals surface area contributed by atoms with Crippen molar-refractivity contribution in [2.45, 2.75) is 26.2 Å². The molecule has 1 heterocycles. The second kappa shape index (κ2) is 4.24. The van der Waals surface area contributed by atoms with Crippen LogP contribution >= 0.6 is 27.3 Å². The lowest BCUT2D eigenvalue weighted by molar-refractivity contribution is -0.138. The minimum Gasteiger partial charge on any atom is -0.481 e. The Morgan fingerprint density at radius 2 is 2.38 bits per heavy atom. The molecule has 13 heavy (non-hydrogen) atoms. The number of aliphatic carboxylic acids is 1. The molecule has 1 aromatic rings. The predicted molar refractivity (Wildman–Crippen MR) is 57.4 cm³/mol. The van der Waals surface area contributed by atoms with Crippen molar-refractivity contribution in [1.82, 2.24) is 0 Å². The second-order valence-corrected chi connectivity index (χ2v) is 4.99. The molecule has 0 aliphatic rings. The number of carboxylic acids is 1. The van der Waals surface area contributed by atoms with Crippen LogP contribution in [0, 0.1) is 6.92 Å². The monoisotopic (exact) mass is 262 g/mol. The molecule has 0 fully saturated rings. The number of rotatable bonds is 3. The molecule has 1 rings (SSSR count). The Balaban J connectivity index is 2.98. The first-order valence-electron chi connectivity index (χ1n) is 4.05. The van der Waals surface area contributed by atoms with E-state index in [4.69, 9.17) is 5.11 Å². The van der Waals surface area contributed by atoms with Gasteiger partial charge in [-0.3, -0.25) is 4.79 Å². The zero-order chi connectivity index (χ0) is 10.0. The average molecular weight is 263 g/mol. The van der Waals surface area contributed by atoms with Gasteiger partial charge in [-0.15, -0.1) is 11.3 Å². The number of hydrogen-bond acceptors (Lipinski definition) is 2. The minimum absolute atomic E-state index is 0.352. The smallest absolute Gasteiger partial charge is 0.311 e. The molecule has 1 unspecified atom stereocenters. The quantitative estimate of drug-likeness (QED) is 0.907. The van der Waals surface area contributed by atoms with Gasteiger partial charge in [0.05, 0.1) is 5.92 Å². The van der Waals surface area contributed by atoms with Crippen LogP contribution in [0.1, 0.15) is 29.0 Å². The molecule has 1 N–H and O–H groups in total. The van der Waals surface area contributed by atoms with Crippen molar-refractivity contribution in [2.75, 3.05) is 0 Å². The van der Waals surface area contributed by atoms with Gasteiger partial charge in [0, 0.05) is 14.2 Å². The molecular weight excluding hydrogens is 252 g/mol. The first-order valence-corrected chi connectivity index (χ1v) is 5.65. The molecular formula is C9H11BrO2S. The van der Waals surface area contributed by atoms with E-state index in [-0.39, 0.29) is 5.92 Å². The van der Waals surface area contributed by atoms with E-state index in [1.807, 2.05) is 19.9 Å². The van der Waals surface area contributed by atoms with Gasteiger partial charge in [0.1, 0.15) is 0 Å². The maximum absolute atomic E-state index is 10.8. The van der Waals surface area contributed by atoms with Crippen LogP contribution in [0.5, 0.6) is 0 Å². The highest BCUT2D eigenvalue weighted by Crippen LogP contribution is 2.33. The summed E-state index contributed by atoms with van der Waals surface area (Å²) in [4.78, 5) is 12.9. The highest BCUT2D eigenvalue weighted by atomic mass is 79.9. The van der Waals surface area contributed by atoms with Crippen LogP contribution < -0.4 is 0 Å². The molecule has 0 saturated heterocycles. The van der Waals surface area contributed by atoms with Crippen molar-refractivity contribution in [3.8, 4) is 0 Å². The molecule has 1 aromatic heterocycles. The molecule has 0 aromatic carbocycles. The van der Waals surface area contributed by atoms with E-state index >= 15 is 0 Å². The number of aryl methyl sites for hydroxylation is 1. The van der Waals surface area contributed by atoms with Crippen LogP contribution in [0.15, 0.2) is 10.5 Å². The Kier molecular flexibility index (Phi) is 3.50. The van der Waals surface area contributed by atoms with Crippen molar-refractivity contribution in [2.24, 2.45) is 0 Å². The fraction of sp³-hybridized carbons (Fsp3) is 0.444. The highest BCUT2D eigenvalue weighted by molar-refractivity contribution is 9.10. The van der Waals surface area contributed by atoms with Crippen molar-refractivity contribution in [3.05, 3.63) is 20.3 Å². The molecule has 72 valence electrons. The van der Waals surface area contributed by atoms with Gasteiger partial charge < -0.3 is 5.11 Å². The van der Waals surface area contributed by atoms with E-state index in [1.165, 1.54) is 0 Å². The van der Waals surface area contributed by atoms with Crippen molar-refractivity contribution in [1.29, 1.82) is 0 Å². The number of carbonyl (C=O) groups is 1. The minimum atomic E-state index is -0.740. The summed E-state index contributed by atoms with van der Waals surface area (Å²) in [5, 5.41) is 8.92. The summed E-state index contributed by atoms with van der Waals surface area (Å²) in [6.07, 6.45) is 0.641. The molecule has 0 aliphatic heterocycles. The van der Waals surface area contributed by atoms with Gasteiger partial charge in [-0.1, -0.05) is 6.92 Å². The van der Waals surface area contributed by atoms with Gasteiger partial charge in [0.15, 0.2) is 0 Å². The standard InChI is InChI=1S/C9H11BrO2S/c1-3-6(9(11)12)8-4-7(10)5(2)13-8/h4,6H,3H2,1-2H3,(H,11,12). The number of thiophene rings is 1. The average Bonchev–Trinajstić information content (AvgIpc) is 2.32. The van der Waals surface area contributed by atoms with Crippen LogP contribution in [0.4, 0.5) is 0 Å². The third kappa shape index (κ3) is 2.31. The number of halogens is 1. The first-order chi connectivity index (χ1) is 6.06. The van der Waals surface area contributed by atoms with Crippen molar-refractivity contribution in [3.63, 3.8) is 0 Å². The predicted octanol–water partition coefficient (Wildman–Crippen LogP) is 3.40. The largest absolute Gasteiger partial charge is 0.481 e. The number of hydrogen-bond donors (Lipinski definition) is 1. The summed E-state index contributed by atoms with van der Waals surface area (Å²) >= 11 is 4.93. The van der Waals surface area contributed by atoms with Crippen LogP contribution in [0.3, 0.4) is 0 Å². The molecule has 0 bridgehead atoms. The second-order valence-electron chi connectivity index (χ2n) is 2.85. The van der Waals surface area contributed by atoms with Gasteiger partial charge in [-0.05, 0) is 35.3 Å². The van der Waals surface area contributed by atoms with E-state index in [9.17, 15) is 4.79 Å². The first kappa shape index (κ1) is 10.7. The Morgan fingerprint density at radius 1 is 1.77 bits per heavy atom. The molecule has 4 heteroatoms. The van der Waals surface area contributed by atoms with E-state index < -0.39 is 5.97 Å². The molecule has 0 saturated carbocycles. The van der Waals surface area contributed by atoms with Gasteiger partial charge >= 0.3 is 5.97 Å². The van der Waals surface area contributed by atoms with Gasteiger partial charge in [0.25, 0.3) is 0 Å². The summed E-state index contributed by atoms with van der Waals surface area (Å²) < 4.78 is 1.01. The van der Waals surface area contributed by atoms with Gasteiger partial charge in [0.2, 0.25) is 0 Å². The molecule has 2 nitrogen and oxygen atoms in total. The molecule has 0 amide bonds. The molecule has 0 radical (unpaired) electrons. The Morgan fingerprint density at radius 3 is 2.69 bits per heavy atom. The summed E-state index contributed by atoms with van der Waals surface area (Å²) in [6, 6.07) is 1.91. The zero-order valence-corrected chi connectivity index (χ0v) is 9.91. The lowest BCUT2D eigenvalue weighted by atomic mass is 10.1. The maximum Gasteiger partial charge on any atom is 0.311 e. The Hall–Kier alpha value is -0.350. The van der Waals surface area contributed by atoms with Gasteiger partial charge in [-0.25, -0.2) is 0 Å². The molecule has 0 aliphatic carbocycles. The zero-order valence-electron chi connectivity index (χ0n) is 7.50. The maximum atomic E-state index is 10.8. The van der Waals surface area contributed by atoms with Crippen molar-refractivity contribution >= 4 is 33.2 Å². The van der Waals surface area contributed by atoms with E-state index in [0.717, 1.165) is 14.2 Å². The van der Waals surface area contributed by atoms with Crippen LogP contribution in [-0.2, 0) is 4.79 Å². The van der Waals surface area contributed by atoms with Crippen LogP contribution in [0.2, 0.25) is 0 Å². The summed E-state index contributed by atoms with van der Waals surface area (Å²) in [7, 11) is 0. The lowest BCUT2D eigenvalue weighted by Gasteiger charge is -2.05. The Labute approximate surface area is 89.7 Å². The van der Waals surface area contributed by atoms with E-state index in [1.54, 1.807) is 11.3 Å². The summed E-state index contributed by atoms with van der Waals surface area (Å²) in [5.41, 5.74) is 0. The van der Waals surface area contributed by atoms with E-state index in [2.05, 4.69) is 15.9 Å². The Bertz CT molecular complexity index is 300. The normalized spacial score (nSPS) is 12.8. The van der Waals surface area contributed by atoms with Crippen LogP contribution in [-0.4, -0.2) is 11.1 Å².